The third-order valence-electron chi connectivity index (χ3n) is 3.70. The van der Waals surface area contributed by atoms with Gasteiger partial charge in [0, 0.05) is 11.8 Å². The number of carbonyl (C=O) groups excluding carboxylic acids is 1. The molecule has 1 aromatic carbocycles. The van der Waals surface area contributed by atoms with E-state index >= 15 is 0 Å². The number of pyridine rings is 1. The molecule has 0 spiro atoms. The lowest BCUT2D eigenvalue weighted by atomic mass is 9.95. The van der Waals surface area contributed by atoms with Gasteiger partial charge in [0.05, 0.1) is 17.7 Å². The number of hydrogen-bond acceptors (Lipinski definition) is 3. The molecular weight excluding hydrogens is 383 g/mol. The minimum absolute atomic E-state index is 0.270. The average Bonchev–Trinajstić information content (AvgIpc) is 2.52. The van der Waals surface area contributed by atoms with E-state index in [1.54, 1.807) is 0 Å². The van der Waals surface area contributed by atoms with Crippen molar-refractivity contribution in [2.45, 2.75) is 38.5 Å². The second-order valence-electron chi connectivity index (χ2n) is 5.63. The molecule has 0 aliphatic heterocycles. The van der Waals surface area contributed by atoms with Crippen LogP contribution in [0.15, 0.2) is 18.2 Å². The number of ether oxygens (including phenoxy) is 1. The van der Waals surface area contributed by atoms with E-state index in [0.717, 1.165) is 18.2 Å². The minimum atomic E-state index is -5.08. The van der Waals surface area contributed by atoms with Gasteiger partial charge in [-0.3, -0.25) is 0 Å². The lowest BCUT2D eigenvalue weighted by Crippen LogP contribution is -2.21. The molecule has 0 saturated heterocycles. The molecular formula is C17H14F7NO2. The fourth-order valence-electron chi connectivity index (χ4n) is 2.69. The Morgan fingerprint density at radius 1 is 1.15 bits per heavy atom. The Hall–Kier alpha value is -2.39. The molecule has 0 N–H and O–H groups in total. The first kappa shape index (κ1) is 20.9. The summed E-state index contributed by atoms with van der Waals surface area (Å²) in [6, 6.07) is 3.14. The second-order valence-corrected chi connectivity index (χ2v) is 5.63. The number of aromatic nitrogens is 1. The minimum Gasteiger partial charge on any atom is -0.462 e. The summed E-state index contributed by atoms with van der Waals surface area (Å²) in [5, 5.41) is -0.421. The Bertz CT molecular complexity index is 844. The molecule has 0 saturated carbocycles. The molecule has 0 bridgehead atoms. The van der Waals surface area contributed by atoms with Gasteiger partial charge in [-0.1, -0.05) is 6.07 Å². The molecule has 1 heterocycles. The zero-order valence-electron chi connectivity index (χ0n) is 14.0. The van der Waals surface area contributed by atoms with E-state index in [4.69, 9.17) is 0 Å². The molecule has 0 unspecified atom stereocenters. The molecule has 148 valence electrons. The number of esters is 1. The average molecular weight is 397 g/mol. The lowest BCUT2D eigenvalue weighted by Gasteiger charge is -2.18. The van der Waals surface area contributed by atoms with Gasteiger partial charge in [-0.15, -0.1) is 0 Å². The van der Waals surface area contributed by atoms with Crippen LogP contribution < -0.4 is 0 Å². The Morgan fingerprint density at radius 3 is 2.37 bits per heavy atom. The monoisotopic (exact) mass is 397 g/mol. The van der Waals surface area contributed by atoms with E-state index in [0.29, 0.717) is 0 Å². The van der Waals surface area contributed by atoms with Crippen LogP contribution in [-0.4, -0.2) is 23.7 Å². The molecule has 0 aliphatic carbocycles. The zero-order valence-corrected chi connectivity index (χ0v) is 14.0. The van der Waals surface area contributed by atoms with E-state index in [9.17, 15) is 35.5 Å². The zero-order chi connectivity index (χ0) is 20.4. The topological polar surface area (TPSA) is 39.2 Å². The van der Waals surface area contributed by atoms with Gasteiger partial charge in [0.15, 0.2) is 5.69 Å². The summed E-state index contributed by atoms with van der Waals surface area (Å²) in [7, 11) is 0. The van der Waals surface area contributed by atoms with Crippen molar-refractivity contribution in [1.82, 2.24) is 4.98 Å². The van der Waals surface area contributed by atoms with Gasteiger partial charge in [0.1, 0.15) is 5.82 Å². The van der Waals surface area contributed by atoms with Crippen LogP contribution in [0.1, 0.15) is 41.4 Å². The molecule has 0 radical (unpaired) electrons. The van der Waals surface area contributed by atoms with E-state index in [1.165, 1.54) is 6.92 Å². The van der Waals surface area contributed by atoms with Crippen molar-refractivity contribution in [2.24, 2.45) is 0 Å². The van der Waals surface area contributed by atoms with Crippen molar-refractivity contribution in [3.63, 3.8) is 0 Å². The number of alkyl halides is 6. The Balaban J connectivity index is 2.75. The SMILES string of the molecule is CCOC(=O)c1c(C(F)(F)F)nc2cccc(F)c2c1CCCC(F)(F)F. The van der Waals surface area contributed by atoms with Crippen LogP contribution >= 0.6 is 0 Å². The normalized spacial score (nSPS) is 12.4. The molecule has 0 atom stereocenters. The fraction of sp³-hybridized carbons (Fsp3) is 0.412. The number of rotatable bonds is 5. The number of fused-ring (bicyclic) bond motifs is 1. The van der Waals surface area contributed by atoms with Crippen LogP contribution in [0.3, 0.4) is 0 Å². The summed E-state index contributed by atoms with van der Waals surface area (Å²) in [6.07, 6.45) is -12.1. The lowest BCUT2D eigenvalue weighted by molar-refractivity contribution is -0.141. The Morgan fingerprint density at radius 2 is 1.81 bits per heavy atom. The quantitative estimate of drug-likeness (QED) is 0.497. The highest BCUT2D eigenvalue weighted by Crippen LogP contribution is 2.37. The largest absolute Gasteiger partial charge is 0.462 e. The predicted molar refractivity (Wildman–Crippen MR) is 81.7 cm³/mol. The van der Waals surface area contributed by atoms with E-state index in [1.807, 2.05) is 0 Å². The van der Waals surface area contributed by atoms with Gasteiger partial charge in [-0.05, 0) is 37.5 Å². The molecule has 27 heavy (non-hydrogen) atoms. The van der Waals surface area contributed by atoms with Crippen LogP contribution in [-0.2, 0) is 17.3 Å². The van der Waals surface area contributed by atoms with Crippen molar-refractivity contribution >= 4 is 16.9 Å². The fourth-order valence-corrected chi connectivity index (χ4v) is 2.69. The molecule has 2 rings (SSSR count). The number of carbonyl (C=O) groups is 1. The summed E-state index contributed by atoms with van der Waals surface area (Å²) in [5.74, 6) is -2.40. The van der Waals surface area contributed by atoms with Gasteiger partial charge >= 0.3 is 18.3 Å². The third-order valence-corrected chi connectivity index (χ3v) is 3.70. The first-order valence-electron chi connectivity index (χ1n) is 7.88. The molecule has 10 heteroatoms. The molecule has 0 aliphatic rings. The number of aryl methyl sites for hydroxylation is 1. The predicted octanol–water partition coefficient (Wildman–Crippen LogP) is 5.45. The smallest absolute Gasteiger partial charge is 0.434 e. The summed E-state index contributed by atoms with van der Waals surface area (Å²) < 4.78 is 96.5. The van der Waals surface area contributed by atoms with Gasteiger partial charge in [0.2, 0.25) is 0 Å². The maximum Gasteiger partial charge on any atom is 0.434 e. The number of nitrogens with zero attached hydrogens (tertiary/aromatic N) is 1. The summed E-state index contributed by atoms with van der Waals surface area (Å²) in [6.45, 7) is 1.08. The summed E-state index contributed by atoms with van der Waals surface area (Å²) >= 11 is 0. The van der Waals surface area contributed by atoms with E-state index in [2.05, 4.69) is 9.72 Å². The number of halogens is 7. The van der Waals surface area contributed by atoms with Crippen LogP contribution in [0.4, 0.5) is 30.7 Å². The van der Waals surface area contributed by atoms with E-state index in [-0.39, 0.29) is 6.61 Å². The van der Waals surface area contributed by atoms with Gasteiger partial charge in [-0.2, -0.15) is 26.3 Å². The van der Waals surface area contributed by atoms with Gasteiger partial charge in [0.25, 0.3) is 0 Å². The maximum absolute atomic E-state index is 14.3. The first-order chi connectivity index (χ1) is 12.5. The maximum atomic E-state index is 14.3. The first-order valence-corrected chi connectivity index (χ1v) is 7.88. The van der Waals surface area contributed by atoms with Crippen molar-refractivity contribution in [1.29, 1.82) is 0 Å². The number of benzene rings is 1. The van der Waals surface area contributed by atoms with Crippen molar-refractivity contribution < 1.29 is 40.3 Å². The second kappa shape index (κ2) is 7.69. The molecule has 3 nitrogen and oxygen atoms in total. The Labute approximate surface area is 149 Å². The third kappa shape index (κ3) is 4.86. The van der Waals surface area contributed by atoms with Gasteiger partial charge in [-0.25, -0.2) is 14.2 Å². The van der Waals surface area contributed by atoms with Crippen LogP contribution in [0.5, 0.6) is 0 Å². The summed E-state index contributed by atoms with van der Waals surface area (Å²) in [4.78, 5) is 15.5. The van der Waals surface area contributed by atoms with Crippen molar-refractivity contribution in [3.8, 4) is 0 Å². The highest BCUT2D eigenvalue weighted by Gasteiger charge is 2.40. The number of hydrogen-bond donors (Lipinski definition) is 0. The van der Waals surface area contributed by atoms with Crippen LogP contribution in [0.2, 0.25) is 0 Å². The van der Waals surface area contributed by atoms with Crippen molar-refractivity contribution in [3.05, 3.63) is 40.8 Å². The molecule has 0 fully saturated rings. The molecule has 2 aromatic rings. The van der Waals surface area contributed by atoms with Crippen molar-refractivity contribution in [2.75, 3.05) is 6.61 Å². The standard InChI is InChI=1S/C17H14F7NO2/c1-2-27-15(26)13-9(5-4-8-16(19,20)21)12-10(18)6-3-7-11(12)25-14(13)17(22,23)24/h3,6-7H,2,4-5,8H2,1H3. The summed E-state index contributed by atoms with van der Waals surface area (Å²) in [5.41, 5.74) is -3.56. The molecule has 0 amide bonds. The van der Waals surface area contributed by atoms with Crippen LogP contribution in [0, 0.1) is 5.82 Å². The van der Waals surface area contributed by atoms with Gasteiger partial charge < -0.3 is 4.74 Å². The highest BCUT2D eigenvalue weighted by atomic mass is 19.4. The van der Waals surface area contributed by atoms with E-state index < -0.39 is 71.1 Å². The highest BCUT2D eigenvalue weighted by molar-refractivity contribution is 5.99. The van der Waals surface area contributed by atoms with Crippen LogP contribution in [0.25, 0.3) is 10.9 Å². The Kier molecular flexibility index (Phi) is 5.96. The molecule has 1 aromatic heterocycles.